The van der Waals surface area contributed by atoms with Crippen molar-refractivity contribution < 1.29 is 28.3 Å². The van der Waals surface area contributed by atoms with Crippen LogP contribution < -0.4 is 4.74 Å². The first-order valence-electron chi connectivity index (χ1n) is 12.4. The summed E-state index contributed by atoms with van der Waals surface area (Å²) < 4.78 is 18.9. The van der Waals surface area contributed by atoms with Gasteiger partial charge < -0.3 is 4.74 Å². The molecular weight excluding hydrogens is 459 g/mol. The van der Waals surface area contributed by atoms with Crippen molar-refractivity contribution in [2.75, 3.05) is 0 Å². The van der Waals surface area contributed by atoms with Gasteiger partial charge in [-0.05, 0) is 46.2 Å². The lowest BCUT2D eigenvalue weighted by Gasteiger charge is -2.41. The molecule has 0 atom stereocenters. The van der Waals surface area contributed by atoms with Crippen LogP contribution in [-0.2, 0) is 25.8 Å². The largest absolute Gasteiger partial charge is 0.489 e. The highest BCUT2D eigenvalue weighted by molar-refractivity contribution is 6.11. The van der Waals surface area contributed by atoms with E-state index in [9.17, 15) is 23.6 Å². The second-order valence-corrected chi connectivity index (χ2v) is 11.9. The molecule has 5 nitrogen and oxygen atoms in total. The molecule has 6 heteroatoms. The van der Waals surface area contributed by atoms with Gasteiger partial charge in [0.15, 0.2) is 0 Å². The lowest BCUT2D eigenvalue weighted by Crippen LogP contribution is -2.48. The van der Waals surface area contributed by atoms with Crippen LogP contribution in [0.4, 0.5) is 4.39 Å². The van der Waals surface area contributed by atoms with Crippen LogP contribution >= 0.6 is 0 Å². The van der Waals surface area contributed by atoms with Gasteiger partial charge in [0, 0.05) is 31.6 Å². The number of halogens is 1. The molecule has 0 radical (unpaired) electrons. The number of benzene rings is 2. The Morgan fingerprint density at radius 2 is 1.14 bits per heavy atom. The molecule has 4 rings (SSSR count). The average molecular weight is 493 g/mol. The highest BCUT2D eigenvalue weighted by Gasteiger charge is 2.52. The van der Waals surface area contributed by atoms with E-state index in [4.69, 9.17) is 4.74 Å². The molecule has 0 heterocycles. The summed E-state index contributed by atoms with van der Waals surface area (Å²) >= 11 is 0. The van der Waals surface area contributed by atoms with Crippen molar-refractivity contribution in [3.8, 4) is 5.75 Å². The van der Waals surface area contributed by atoms with E-state index in [1.807, 2.05) is 27.7 Å². The SMILES string of the molecule is CC1(C)CC(=O)C(C(c2ccc(OCc3ccc(F)cc3)cc2)C2C(=O)CC(C)(C)CC2=O)C(=O)C1. The van der Waals surface area contributed by atoms with Gasteiger partial charge in [0.25, 0.3) is 0 Å². The van der Waals surface area contributed by atoms with Gasteiger partial charge in [0.2, 0.25) is 0 Å². The molecule has 2 saturated carbocycles. The Morgan fingerprint density at radius 3 is 1.56 bits per heavy atom. The Morgan fingerprint density at radius 1 is 0.722 bits per heavy atom. The third-order valence-corrected chi connectivity index (χ3v) is 7.30. The lowest BCUT2D eigenvalue weighted by molar-refractivity contribution is -0.145. The second-order valence-electron chi connectivity index (χ2n) is 11.9. The van der Waals surface area contributed by atoms with E-state index in [2.05, 4.69) is 0 Å². The van der Waals surface area contributed by atoms with E-state index < -0.39 is 28.6 Å². The van der Waals surface area contributed by atoms with Gasteiger partial charge in [-0.2, -0.15) is 0 Å². The van der Waals surface area contributed by atoms with Gasteiger partial charge in [-0.3, -0.25) is 19.2 Å². The van der Waals surface area contributed by atoms with Crippen LogP contribution in [0.5, 0.6) is 5.75 Å². The number of carbonyl (C=O) groups is 4. The van der Waals surface area contributed by atoms with E-state index in [0.29, 0.717) is 11.3 Å². The zero-order chi connectivity index (χ0) is 26.3. The van der Waals surface area contributed by atoms with Crippen molar-refractivity contribution in [2.45, 2.75) is 65.9 Å². The molecule has 0 unspecified atom stereocenters. The second kappa shape index (κ2) is 9.72. The highest BCUT2D eigenvalue weighted by atomic mass is 19.1. The third-order valence-electron chi connectivity index (χ3n) is 7.30. The van der Waals surface area contributed by atoms with Crippen LogP contribution in [0, 0.1) is 28.5 Å². The first-order valence-corrected chi connectivity index (χ1v) is 12.4. The Balaban J connectivity index is 1.64. The maximum atomic E-state index is 13.3. The van der Waals surface area contributed by atoms with E-state index in [-0.39, 0.29) is 61.2 Å². The van der Waals surface area contributed by atoms with E-state index in [0.717, 1.165) is 5.56 Å². The van der Waals surface area contributed by atoms with E-state index >= 15 is 0 Å². The summed E-state index contributed by atoms with van der Waals surface area (Å²) in [6.07, 6.45) is 0.942. The van der Waals surface area contributed by atoms with Gasteiger partial charge in [-0.15, -0.1) is 0 Å². The summed E-state index contributed by atoms with van der Waals surface area (Å²) in [7, 11) is 0. The molecule has 2 aromatic carbocycles. The van der Waals surface area contributed by atoms with Gasteiger partial charge in [-0.25, -0.2) is 4.39 Å². The number of ketones is 4. The van der Waals surface area contributed by atoms with Crippen molar-refractivity contribution in [1.29, 1.82) is 0 Å². The third kappa shape index (κ3) is 5.63. The zero-order valence-electron chi connectivity index (χ0n) is 21.3. The Kier molecular flexibility index (Phi) is 7.00. The number of hydrogen-bond donors (Lipinski definition) is 0. The molecule has 0 spiro atoms. The molecule has 190 valence electrons. The molecule has 2 aromatic rings. The van der Waals surface area contributed by atoms with Gasteiger partial charge in [-0.1, -0.05) is 52.0 Å². The summed E-state index contributed by atoms with van der Waals surface area (Å²) in [6.45, 7) is 7.80. The Hall–Kier alpha value is -3.15. The predicted molar refractivity (Wildman–Crippen MR) is 133 cm³/mol. The fourth-order valence-electron chi connectivity index (χ4n) is 5.72. The molecule has 0 bridgehead atoms. The average Bonchev–Trinajstić information content (AvgIpc) is 2.75. The first kappa shape index (κ1) is 25.9. The van der Waals surface area contributed by atoms with E-state index in [1.54, 1.807) is 36.4 Å². The van der Waals surface area contributed by atoms with Crippen molar-refractivity contribution >= 4 is 23.1 Å². The van der Waals surface area contributed by atoms with Crippen LogP contribution in [0.2, 0.25) is 0 Å². The summed E-state index contributed by atoms with van der Waals surface area (Å²) in [5, 5.41) is 0. The molecule has 2 aliphatic carbocycles. The van der Waals surface area contributed by atoms with Crippen LogP contribution in [0.1, 0.15) is 70.4 Å². The normalized spacial score (nSPS) is 20.7. The number of carbonyl (C=O) groups excluding carboxylic acids is 4. The van der Waals surface area contributed by atoms with Crippen LogP contribution in [0.25, 0.3) is 0 Å². The van der Waals surface area contributed by atoms with Crippen LogP contribution in [0.15, 0.2) is 48.5 Å². The van der Waals surface area contributed by atoms with Crippen molar-refractivity contribution in [1.82, 2.24) is 0 Å². The van der Waals surface area contributed by atoms with Crippen molar-refractivity contribution in [3.63, 3.8) is 0 Å². The predicted octanol–water partition coefficient (Wildman–Crippen LogP) is 5.64. The summed E-state index contributed by atoms with van der Waals surface area (Å²) in [5.74, 6) is -3.43. The van der Waals surface area contributed by atoms with Crippen molar-refractivity contribution in [3.05, 3.63) is 65.5 Å². The van der Waals surface area contributed by atoms with Gasteiger partial charge in [0.05, 0.1) is 11.8 Å². The Bertz CT molecular complexity index is 1090. The molecule has 0 amide bonds. The fourth-order valence-corrected chi connectivity index (χ4v) is 5.72. The number of Topliss-reactive ketones (excluding diaryl/α,β-unsaturated/α-hetero) is 4. The minimum atomic E-state index is -1.01. The maximum absolute atomic E-state index is 13.3. The molecule has 2 aliphatic rings. The molecule has 2 fully saturated rings. The van der Waals surface area contributed by atoms with Crippen LogP contribution in [-0.4, -0.2) is 23.1 Å². The van der Waals surface area contributed by atoms with Gasteiger partial charge >= 0.3 is 0 Å². The standard InChI is InChI=1S/C30H33FO5/c1-29(2)13-22(32)27(23(33)14-29)26(28-24(34)15-30(3,4)16-25(28)35)19-7-11-21(12-8-19)36-17-18-5-9-20(31)10-6-18/h5-12,26-28H,13-17H2,1-4H3. The van der Waals surface area contributed by atoms with Crippen molar-refractivity contribution in [2.24, 2.45) is 22.7 Å². The summed E-state index contributed by atoms with van der Waals surface area (Å²) in [4.78, 5) is 53.1. The van der Waals surface area contributed by atoms with E-state index in [1.165, 1.54) is 12.1 Å². The smallest absolute Gasteiger partial charge is 0.144 e. The quantitative estimate of drug-likeness (QED) is 0.488. The highest BCUT2D eigenvalue weighted by Crippen LogP contribution is 2.47. The number of hydrogen-bond acceptors (Lipinski definition) is 5. The molecule has 0 aromatic heterocycles. The summed E-state index contributed by atoms with van der Waals surface area (Å²) in [6, 6.07) is 12.9. The van der Waals surface area contributed by atoms with Gasteiger partial charge in [0.1, 0.15) is 41.3 Å². The lowest BCUT2D eigenvalue weighted by atomic mass is 9.59. The summed E-state index contributed by atoms with van der Waals surface area (Å²) in [5.41, 5.74) is 0.549. The molecule has 0 N–H and O–H groups in total. The molecule has 0 aliphatic heterocycles. The molecule has 36 heavy (non-hydrogen) atoms. The zero-order valence-corrected chi connectivity index (χ0v) is 21.3. The monoisotopic (exact) mass is 492 g/mol. The maximum Gasteiger partial charge on any atom is 0.144 e. The minimum absolute atomic E-state index is 0.205. The topological polar surface area (TPSA) is 77.5 Å². The minimum Gasteiger partial charge on any atom is -0.489 e. The molecule has 0 saturated heterocycles. The number of ether oxygens (including phenoxy) is 1. The Labute approximate surface area is 211 Å². The first-order chi connectivity index (χ1) is 16.8. The number of rotatable bonds is 6. The van der Waals surface area contributed by atoms with Crippen LogP contribution in [0.3, 0.4) is 0 Å². The fraction of sp³-hybridized carbons (Fsp3) is 0.467. The molecular formula is C30H33FO5.